The average molecular weight is 230 g/mol. The molecule has 2 amide bonds. The van der Waals surface area contributed by atoms with Crippen molar-refractivity contribution < 1.29 is 9.59 Å². The van der Waals surface area contributed by atoms with Crippen LogP contribution in [0, 0.1) is 11.8 Å². The molecule has 1 aliphatic carbocycles. The summed E-state index contributed by atoms with van der Waals surface area (Å²) in [6.07, 6.45) is 0.745. The maximum atomic E-state index is 11.8. The van der Waals surface area contributed by atoms with Crippen LogP contribution in [0.25, 0.3) is 0 Å². The third kappa shape index (κ3) is 1.65. The number of piperidine rings is 1. The van der Waals surface area contributed by atoms with E-state index in [1.165, 1.54) is 4.90 Å². The second kappa shape index (κ2) is 3.67. The quantitative estimate of drug-likeness (QED) is 0.777. The number of imide groups is 1. The van der Waals surface area contributed by atoms with E-state index in [4.69, 9.17) is 5.73 Å². The molecule has 1 aromatic rings. The lowest BCUT2D eigenvalue weighted by atomic mass is 10.1. The van der Waals surface area contributed by atoms with Gasteiger partial charge < -0.3 is 5.73 Å². The van der Waals surface area contributed by atoms with Crippen LogP contribution in [0.2, 0.25) is 0 Å². The molecule has 1 aromatic carbocycles. The molecule has 0 spiro atoms. The van der Waals surface area contributed by atoms with Crippen molar-refractivity contribution in [1.82, 2.24) is 4.90 Å². The van der Waals surface area contributed by atoms with Crippen LogP contribution in [0.4, 0.5) is 0 Å². The topological polar surface area (TPSA) is 63.4 Å². The molecule has 0 aromatic heterocycles. The van der Waals surface area contributed by atoms with E-state index in [0.29, 0.717) is 6.54 Å². The number of hydrogen-bond donors (Lipinski definition) is 1. The van der Waals surface area contributed by atoms with E-state index in [9.17, 15) is 9.59 Å². The highest BCUT2D eigenvalue weighted by Crippen LogP contribution is 2.47. The Kier molecular flexibility index (Phi) is 2.26. The fourth-order valence-electron chi connectivity index (χ4n) is 2.43. The summed E-state index contributed by atoms with van der Waals surface area (Å²) in [5.74, 6) is -0.145. The monoisotopic (exact) mass is 230 g/mol. The number of hydrogen-bond acceptors (Lipinski definition) is 3. The normalized spacial score (nSPS) is 28.2. The van der Waals surface area contributed by atoms with Gasteiger partial charge in [-0.15, -0.1) is 0 Å². The summed E-state index contributed by atoms with van der Waals surface area (Å²) >= 11 is 0. The minimum atomic E-state index is -0.290. The lowest BCUT2D eigenvalue weighted by Crippen LogP contribution is -2.38. The molecule has 4 heteroatoms. The molecule has 3 rings (SSSR count). The van der Waals surface area contributed by atoms with E-state index in [1.54, 1.807) is 0 Å². The average Bonchev–Trinajstić information content (AvgIpc) is 3.11. The summed E-state index contributed by atoms with van der Waals surface area (Å²) in [4.78, 5) is 24.9. The van der Waals surface area contributed by atoms with Crippen molar-refractivity contribution in [3.8, 4) is 0 Å². The third-order valence-electron chi connectivity index (χ3n) is 3.56. The van der Waals surface area contributed by atoms with Gasteiger partial charge in [-0.25, -0.2) is 0 Å². The Labute approximate surface area is 99.4 Å². The molecule has 1 aliphatic heterocycles. The number of nitrogens with zero attached hydrogens (tertiary/aromatic N) is 1. The summed E-state index contributed by atoms with van der Waals surface area (Å²) in [6, 6.07) is 9.26. The second-order valence-electron chi connectivity index (χ2n) is 4.75. The fraction of sp³-hybridized carbons (Fsp3) is 0.385. The third-order valence-corrected chi connectivity index (χ3v) is 3.56. The standard InChI is InChI=1S/C13H14N2O2/c14-11(8-4-2-1-3-5-8)7-15-12(16)9-6-10(9)13(15)17/h1-5,9-11H,6-7,14H2. The minimum Gasteiger partial charge on any atom is -0.322 e. The highest BCUT2D eigenvalue weighted by Gasteiger charge is 2.58. The first-order valence-electron chi connectivity index (χ1n) is 5.84. The van der Waals surface area contributed by atoms with E-state index in [-0.39, 0.29) is 29.7 Å². The van der Waals surface area contributed by atoms with Gasteiger partial charge >= 0.3 is 0 Å². The summed E-state index contributed by atoms with van der Waals surface area (Å²) in [6.45, 7) is 0.300. The van der Waals surface area contributed by atoms with Crippen LogP contribution in [-0.4, -0.2) is 23.3 Å². The van der Waals surface area contributed by atoms with Crippen molar-refractivity contribution in [3.63, 3.8) is 0 Å². The first kappa shape index (κ1) is 10.5. The second-order valence-corrected chi connectivity index (χ2v) is 4.75. The molecule has 2 N–H and O–H groups in total. The van der Waals surface area contributed by atoms with Crippen LogP contribution in [0.1, 0.15) is 18.0 Å². The zero-order valence-corrected chi connectivity index (χ0v) is 9.37. The number of carbonyl (C=O) groups is 2. The lowest BCUT2D eigenvalue weighted by Gasteiger charge is -2.21. The Hall–Kier alpha value is -1.68. The largest absolute Gasteiger partial charge is 0.322 e. The van der Waals surface area contributed by atoms with Crippen molar-refractivity contribution in [2.45, 2.75) is 12.5 Å². The number of amides is 2. The zero-order valence-electron chi connectivity index (χ0n) is 9.37. The molecule has 2 aliphatic rings. The molecule has 17 heavy (non-hydrogen) atoms. The van der Waals surface area contributed by atoms with Crippen molar-refractivity contribution in [3.05, 3.63) is 35.9 Å². The van der Waals surface area contributed by atoms with E-state index in [1.807, 2.05) is 30.3 Å². The predicted octanol–water partition coefficient (Wildman–Crippen LogP) is 0.691. The Morgan fingerprint density at radius 1 is 1.18 bits per heavy atom. The van der Waals surface area contributed by atoms with E-state index in [0.717, 1.165) is 12.0 Å². The number of rotatable bonds is 3. The van der Waals surface area contributed by atoms with E-state index in [2.05, 4.69) is 0 Å². The molecule has 1 saturated heterocycles. The molecule has 3 atom stereocenters. The van der Waals surface area contributed by atoms with Crippen molar-refractivity contribution in [2.75, 3.05) is 6.54 Å². The van der Waals surface area contributed by atoms with Gasteiger partial charge in [0.05, 0.1) is 11.8 Å². The predicted molar refractivity (Wildman–Crippen MR) is 61.7 cm³/mol. The summed E-state index contributed by atoms with van der Waals surface area (Å²) in [5.41, 5.74) is 6.97. The number of likely N-dealkylation sites (tertiary alicyclic amines) is 1. The molecule has 4 nitrogen and oxygen atoms in total. The van der Waals surface area contributed by atoms with Gasteiger partial charge in [0, 0.05) is 12.6 Å². The van der Waals surface area contributed by atoms with Crippen LogP contribution >= 0.6 is 0 Å². The molecule has 2 fully saturated rings. The van der Waals surface area contributed by atoms with E-state index < -0.39 is 0 Å². The number of benzene rings is 1. The smallest absolute Gasteiger partial charge is 0.233 e. The van der Waals surface area contributed by atoms with Crippen LogP contribution < -0.4 is 5.73 Å². The van der Waals surface area contributed by atoms with Crippen molar-refractivity contribution >= 4 is 11.8 Å². The van der Waals surface area contributed by atoms with Crippen LogP contribution in [-0.2, 0) is 9.59 Å². The first-order chi connectivity index (χ1) is 8.18. The van der Waals surface area contributed by atoms with Crippen LogP contribution in [0.3, 0.4) is 0 Å². The highest BCUT2D eigenvalue weighted by atomic mass is 16.2. The molecular formula is C13H14N2O2. The lowest BCUT2D eigenvalue weighted by molar-refractivity contribution is -0.141. The minimum absolute atomic E-state index is 0.0358. The van der Waals surface area contributed by atoms with Gasteiger partial charge in [-0.2, -0.15) is 0 Å². The zero-order chi connectivity index (χ0) is 12.0. The maximum absolute atomic E-state index is 11.8. The number of carbonyl (C=O) groups excluding carboxylic acids is 2. The number of nitrogens with two attached hydrogens (primary N) is 1. The summed E-state index contributed by atoms with van der Waals surface area (Å²) in [5, 5.41) is 0. The Balaban J connectivity index is 1.72. The fourth-order valence-corrected chi connectivity index (χ4v) is 2.43. The van der Waals surface area contributed by atoms with Crippen LogP contribution in [0.5, 0.6) is 0 Å². The molecule has 1 heterocycles. The van der Waals surface area contributed by atoms with Gasteiger partial charge in [0.1, 0.15) is 0 Å². The van der Waals surface area contributed by atoms with Gasteiger partial charge in [-0.1, -0.05) is 30.3 Å². The molecule has 88 valence electrons. The van der Waals surface area contributed by atoms with E-state index >= 15 is 0 Å². The first-order valence-corrected chi connectivity index (χ1v) is 5.84. The van der Waals surface area contributed by atoms with Gasteiger partial charge in [0.2, 0.25) is 11.8 Å². The molecule has 1 saturated carbocycles. The van der Waals surface area contributed by atoms with Crippen molar-refractivity contribution in [1.29, 1.82) is 0 Å². The molecule has 3 unspecified atom stereocenters. The summed E-state index contributed by atoms with van der Waals surface area (Å²) in [7, 11) is 0. The van der Waals surface area contributed by atoms with Crippen molar-refractivity contribution in [2.24, 2.45) is 17.6 Å². The highest BCUT2D eigenvalue weighted by molar-refractivity contribution is 6.08. The molecule has 0 radical (unpaired) electrons. The maximum Gasteiger partial charge on any atom is 0.233 e. The SMILES string of the molecule is NC(CN1C(=O)C2CC2C1=O)c1ccccc1. The Morgan fingerprint density at radius 3 is 2.35 bits per heavy atom. The summed E-state index contributed by atoms with van der Waals surface area (Å²) < 4.78 is 0. The Bertz CT molecular complexity index is 452. The molecule has 0 bridgehead atoms. The van der Waals surface area contributed by atoms with Gasteiger partial charge in [0.25, 0.3) is 0 Å². The Morgan fingerprint density at radius 2 is 1.76 bits per heavy atom. The van der Waals surface area contributed by atoms with Gasteiger partial charge in [-0.05, 0) is 12.0 Å². The van der Waals surface area contributed by atoms with Crippen LogP contribution in [0.15, 0.2) is 30.3 Å². The van der Waals surface area contributed by atoms with Gasteiger partial charge in [0.15, 0.2) is 0 Å². The van der Waals surface area contributed by atoms with Gasteiger partial charge in [-0.3, -0.25) is 14.5 Å². The number of fused-ring (bicyclic) bond motifs is 1. The molecular weight excluding hydrogens is 216 g/mol.